The molecule has 0 saturated carbocycles. The zero-order valence-corrected chi connectivity index (χ0v) is 11.8. The zero-order valence-electron chi connectivity index (χ0n) is 10.3. The van der Waals surface area contributed by atoms with Gasteiger partial charge in [-0.1, -0.05) is 29.8 Å². The molecule has 2 aromatic rings. The van der Waals surface area contributed by atoms with Crippen LogP contribution >= 0.6 is 22.9 Å². The average Bonchev–Trinajstić information content (AvgIpc) is 2.86. The second-order valence-corrected chi connectivity index (χ2v) is 6.32. The Morgan fingerprint density at radius 2 is 2.16 bits per heavy atom. The van der Waals surface area contributed by atoms with Crippen molar-refractivity contribution >= 4 is 28.7 Å². The molecule has 0 N–H and O–H groups in total. The Hall–Kier alpha value is -1.32. The minimum absolute atomic E-state index is 0.165. The number of carbonyl (C=O) groups excluding carboxylic acids is 1. The van der Waals surface area contributed by atoms with Crippen LogP contribution in [-0.2, 0) is 0 Å². The number of hydrogen-bond donors (Lipinski definition) is 0. The molecule has 4 heteroatoms. The minimum Gasteiger partial charge on any atom is -0.493 e. The normalized spacial score (nSPS) is 17.6. The second kappa shape index (κ2) is 5.35. The molecule has 1 atom stereocenters. The van der Waals surface area contributed by atoms with Gasteiger partial charge < -0.3 is 4.74 Å². The molecule has 0 fully saturated rings. The predicted octanol–water partition coefficient (Wildman–Crippen LogP) is 4.54. The van der Waals surface area contributed by atoms with E-state index in [0.29, 0.717) is 17.4 Å². The van der Waals surface area contributed by atoms with E-state index < -0.39 is 0 Å². The maximum Gasteiger partial charge on any atom is 0.173 e. The zero-order chi connectivity index (χ0) is 13.2. The molecule has 98 valence electrons. The monoisotopic (exact) mass is 292 g/mol. The van der Waals surface area contributed by atoms with Gasteiger partial charge in [-0.15, -0.1) is 11.3 Å². The first-order valence-electron chi connectivity index (χ1n) is 6.24. The van der Waals surface area contributed by atoms with Gasteiger partial charge in [0.15, 0.2) is 5.78 Å². The van der Waals surface area contributed by atoms with Crippen LogP contribution in [0.25, 0.3) is 0 Å². The van der Waals surface area contributed by atoms with E-state index in [4.69, 9.17) is 16.3 Å². The average molecular weight is 293 g/mol. The van der Waals surface area contributed by atoms with Crippen molar-refractivity contribution in [3.8, 4) is 5.75 Å². The van der Waals surface area contributed by atoms with Gasteiger partial charge in [0.1, 0.15) is 5.75 Å². The third kappa shape index (κ3) is 2.67. The first kappa shape index (κ1) is 12.7. The minimum atomic E-state index is 0.165. The van der Waals surface area contributed by atoms with Crippen molar-refractivity contribution in [3.63, 3.8) is 0 Å². The van der Waals surface area contributed by atoms with Gasteiger partial charge in [0.05, 0.1) is 15.8 Å². The summed E-state index contributed by atoms with van der Waals surface area (Å²) in [7, 11) is 0. The maximum atomic E-state index is 12.2. The van der Waals surface area contributed by atoms with Gasteiger partial charge in [-0.3, -0.25) is 4.79 Å². The highest BCUT2D eigenvalue weighted by atomic mass is 35.5. The molecule has 2 nitrogen and oxygen atoms in total. The molecule has 19 heavy (non-hydrogen) atoms. The smallest absolute Gasteiger partial charge is 0.173 e. The number of halogens is 1. The Morgan fingerprint density at radius 3 is 2.95 bits per heavy atom. The fourth-order valence-corrected chi connectivity index (χ4v) is 3.41. The molecule has 0 amide bonds. The number of para-hydroxylation sites is 1. The summed E-state index contributed by atoms with van der Waals surface area (Å²) in [6.45, 7) is 0.681. The van der Waals surface area contributed by atoms with Gasteiger partial charge in [0.2, 0.25) is 0 Å². The van der Waals surface area contributed by atoms with E-state index in [1.807, 2.05) is 24.3 Å². The topological polar surface area (TPSA) is 26.3 Å². The van der Waals surface area contributed by atoms with E-state index in [1.165, 1.54) is 11.3 Å². The standard InChI is InChI=1S/C15H13ClO2S/c16-15-6-5-14(19-15)12(17)9-10-7-8-18-13-4-2-1-3-11(10)13/h1-6,10H,7-9H2. The summed E-state index contributed by atoms with van der Waals surface area (Å²) in [5.41, 5.74) is 1.14. The lowest BCUT2D eigenvalue weighted by atomic mass is 9.88. The summed E-state index contributed by atoms with van der Waals surface area (Å²) in [6.07, 6.45) is 1.42. The lowest BCUT2D eigenvalue weighted by Gasteiger charge is -2.25. The number of benzene rings is 1. The summed E-state index contributed by atoms with van der Waals surface area (Å²) in [6, 6.07) is 11.6. The van der Waals surface area contributed by atoms with E-state index in [2.05, 4.69) is 0 Å². The van der Waals surface area contributed by atoms with E-state index in [-0.39, 0.29) is 11.7 Å². The lowest BCUT2D eigenvalue weighted by molar-refractivity contribution is 0.0970. The molecular weight excluding hydrogens is 280 g/mol. The summed E-state index contributed by atoms with van der Waals surface area (Å²) in [5, 5.41) is 0. The third-order valence-electron chi connectivity index (χ3n) is 3.36. The predicted molar refractivity (Wildman–Crippen MR) is 77.6 cm³/mol. The highest BCUT2D eigenvalue weighted by Crippen LogP contribution is 2.36. The Morgan fingerprint density at radius 1 is 1.32 bits per heavy atom. The van der Waals surface area contributed by atoms with E-state index in [1.54, 1.807) is 12.1 Å². The number of ketones is 1. The number of Topliss-reactive ketones (excluding diaryl/α,β-unsaturated/α-hetero) is 1. The molecule has 1 aromatic heterocycles. The fraction of sp³-hybridized carbons (Fsp3) is 0.267. The van der Waals surface area contributed by atoms with E-state index >= 15 is 0 Å². The molecule has 0 radical (unpaired) electrons. The largest absolute Gasteiger partial charge is 0.493 e. The Labute approximate surface area is 121 Å². The van der Waals surface area contributed by atoms with Crippen molar-refractivity contribution in [1.82, 2.24) is 0 Å². The number of carbonyl (C=O) groups is 1. The van der Waals surface area contributed by atoms with Crippen LogP contribution in [0.1, 0.15) is 34.0 Å². The summed E-state index contributed by atoms with van der Waals surface area (Å²) < 4.78 is 6.28. The molecule has 0 saturated heterocycles. The Kier molecular flexibility index (Phi) is 3.58. The van der Waals surface area contributed by atoms with E-state index in [9.17, 15) is 4.79 Å². The fourth-order valence-electron chi connectivity index (χ4n) is 2.42. The van der Waals surface area contributed by atoms with Crippen molar-refractivity contribution in [1.29, 1.82) is 0 Å². The van der Waals surface area contributed by atoms with Crippen LogP contribution in [0.2, 0.25) is 4.34 Å². The van der Waals surface area contributed by atoms with Crippen LogP contribution in [0.15, 0.2) is 36.4 Å². The van der Waals surface area contributed by atoms with Crippen LogP contribution in [0.4, 0.5) is 0 Å². The summed E-state index contributed by atoms with van der Waals surface area (Å²) in [5.74, 6) is 1.33. The Bertz CT molecular complexity index is 606. The molecule has 1 aliphatic rings. The first-order chi connectivity index (χ1) is 9.24. The molecule has 1 unspecified atom stereocenters. The van der Waals surface area contributed by atoms with Crippen molar-refractivity contribution in [3.05, 3.63) is 51.2 Å². The van der Waals surface area contributed by atoms with Gasteiger partial charge in [0, 0.05) is 6.42 Å². The van der Waals surface area contributed by atoms with Crippen molar-refractivity contribution in [2.75, 3.05) is 6.61 Å². The Balaban J connectivity index is 1.79. The van der Waals surface area contributed by atoms with Gasteiger partial charge >= 0.3 is 0 Å². The highest BCUT2D eigenvalue weighted by molar-refractivity contribution is 7.18. The summed E-state index contributed by atoms with van der Waals surface area (Å²) in [4.78, 5) is 13.0. The molecule has 1 aromatic carbocycles. The number of fused-ring (bicyclic) bond motifs is 1. The van der Waals surface area contributed by atoms with Gasteiger partial charge in [-0.05, 0) is 36.1 Å². The molecule has 3 rings (SSSR count). The maximum absolute atomic E-state index is 12.2. The van der Waals surface area contributed by atoms with Gasteiger partial charge in [-0.25, -0.2) is 0 Å². The molecular formula is C15H13ClO2S. The van der Waals surface area contributed by atoms with E-state index in [0.717, 1.165) is 22.6 Å². The quantitative estimate of drug-likeness (QED) is 0.776. The molecule has 1 aliphatic heterocycles. The van der Waals surface area contributed by atoms with Crippen molar-refractivity contribution in [2.24, 2.45) is 0 Å². The molecule has 0 spiro atoms. The summed E-state index contributed by atoms with van der Waals surface area (Å²) >= 11 is 7.22. The lowest BCUT2D eigenvalue weighted by Crippen LogP contribution is -2.16. The third-order valence-corrected chi connectivity index (χ3v) is 4.63. The van der Waals surface area contributed by atoms with Crippen molar-refractivity contribution < 1.29 is 9.53 Å². The molecule has 0 aliphatic carbocycles. The van der Waals surface area contributed by atoms with Gasteiger partial charge in [0.25, 0.3) is 0 Å². The number of ether oxygens (including phenoxy) is 1. The first-order valence-corrected chi connectivity index (χ1v) is 7.44. The highest BCUT2D eigenvalue weighted by Gasteiger charge is 2.24. The van der Waals surface area contributed by atoms with Crippen LogP contribution in [0.5, 0.6) is 5.75 Å². The SMILES string of the molecule is O=C(CC1CCOc2ccccc21)c1ccc(Cl)s1. The van der Waals surface area contributed by atoms with Crippen LogP contribution in [-0.4, -0.2) is 12.4 Å². The second-order valence-electron chi connectivity index (χ2n) is 4.60. The van der Waals surface area contributed by atoms with Gasteiger partial charge in [-0.2, -0.15) is 0 Å². The van der Waals surface area contributed by atoms with Crippen LogP contribution < -0.4 is 4.74 Å². The number of thiophene rings is 1. The number of rotatable bonds is 3. The van der Waals surface area contributed by atoms with Crippen molar-refractivity contribution in [2.45, 2.75) is 18.8 Å². The number of hydrogen-bond acceptors (Lipinski definition) is 3. The molecule has 2 heterocycles. The molecule has 0 bridgehead atoms. The van der Waals surface area contributed by atoms with Crippen LogP contribution in [0.3, 0.4) is 0 Å². The van der Waals surface area contributed by atoms with Crippen LogP contribution in [0, 0.1) is 0 Å².